The molecule has 1 aliphatic heterocycles. The van der Waals surface area contributed by atoms with Gasteiger partial charge in [-0.25, -0.2) is 9.59 Å². The minimum Gasteiger partial charge on any atom is -0.491 e. The number of fused-ring (bicyclic) bond motifs is 1. The quantitative estimate of drug-likeness (QED) is 0.274. The van der Waals surface area contributed by atoms with E-state index in [4.69, 9.17) is 25.8 Å². The van der Waals surface area contributed by atoms with Gasteiger partial charge in [-0.05, 0) is 36.1 Å². The van der Waals surface area contributed by atoms with E-state index in [2.05, 4.69) is 10.6 Å². The number of carbonyl (C=O) groups is 4. The Morgan fingerprint density at radius 3 is 2.67 bits per heavy atom. The molecular formula is C30H36ClN3O8. The maximum Gasteiger partial charge on any atom is 0.410 e. The van der Waals surface area contributed by atoms with Crippen molar-refractivity contribution in [2.24, 2.45) is 5.92 Å². The van der Waals surface area contributed by atoms with E-state index < -0.39 is 36.5 Å². The summed E-state index contributed by atoms with van der Waals surface area (Å²) in [6.07, 6.45) is 3.67. The zero-order valence-electron chi connectivity index (χ0n) is 23.3. The summed E-state index contributed by atoms with van der Waals surface area (Å²) in [5, 5.41) is 16.1. The molecule has 3 N–H and O–H groups in total. The van der Waals surface area contributed by atoms with Crippen LogP contribution in [0.5, 0.6) is 5.75 Å². The van der Waals surface area contributed by atoms with Crippen LogP contribution in [0.4, 0.5) is 9.59 Å². The Labute approximate surface area is 249 Å². The van der Waals surface area contributed by atoms with E-state index in [9.17, 15) is 24.3 Å². The first-order chi connectivity index (χ1) is 20.2. The van der Waals surface area contributed by atoms with Crippen LogP contribution >= 0.6 is 11.6 Å². The first-order valence-corrected chi connectivity index (χ1v) is 14.4. The maximum atomic E-state index is 13.3. The van der Waals surface area contributed by atoms with Crippen molar-refractivity contribution in [2.45, 2.75) is 63.4 Å². The highest BCUT2D eigenvalue weighted by Gasteiger charge is 2.36. The maximum absolute atomic E-state index is 13.3. The smallest absolute Gasteiger partial charge is 0.410 e. The molecule has 0 aromatic heterocycles. The van der Waals surface area contributed by atoms with Gasteiger partial charge in [0.2, 0.25) is 11.6 Å². The number of ether oxygens (including phenoxy) is 3. The molecule has 1 saturated carbocycles. The van der Waals surface area contributed by atoms with E-state index in [0.717, 1.165) is 37.7 Å². The zero-order chi connectivity index (χ0) is 30.0. The Balaban J connectivity index is 1.36. The molecule has 0 spiro atoms. The van der Waals surface area contributed by atoms with Crippen molar-refractivity contribution >= 4 is 36.0 Å². The summed E-state index contributed by atoms with van der Waals surface area (Å²) in [7, 11) is 0. The summed E-state index contributed by atoms with van der Waals surface area (Å²) in [5.41, 5.74) is -1.06. The van der Waals surface area contributed by atoms with Gasteiger partial charge < -0.3 is 34.9 Å². The Bertz CT molecular complexity index is 1250. The molecule has 2 aliphatic rings. The first kappa shape index (κ1) is 31.1. The topological polar surface area (TPSA) is 144 Å². The number of hydrogen-bond donors (Lipinski definition) is 3. The molecule has 42 heavy (non-hydrogen) atoms. The van der Waals surface area contributed by atoms with Crippen LogP contribution in [0.1, 0.15) is 49.7 Å². The number of rotatable bonds is 10. The second-order valence-electron chi connectivity index (χ2n) is 10.6. The van der Waals surface area contributed by atoms with E-state index in [1.807, 2.05) is 18.2 Å². The van der Waals surface area contributed by atoms with Crippen LogP contribution in [-0.2, 0) is 32.2 Å². The van der Waals surface area contributed by atoms with E-state index in [-0.39, 0.29) is 38.5 Å². The second-order valence-corrected chi connectivity index (χ2v) is 11.0. The third-order valence-electron chi connectivity index (χ3n) is 7.32. The molecule has 1 fully saturated rings. The molecule has 1 heterocycles. The number of para-hydroxylation sites is 1. The molecule has 11 nitrogen and oxygen atoms in total. The average molecular weight is 602 g/mol. The molecule has 2 aromatic carbocycles. The highest BCUT2D eigenvalue weighted by atomic mass is 35.5. The van der Waals surface area contributed by atoms with Gasteiger partial charge in [-0.15, -0.1) is 0 Å². The van der Waals surface area contributed by atoms with Gasteiger partial charge >= 0.3 is 12.2 Å². The molecule has 1 aliphatic carbocycles. The number of aldehydes is 1. The Morgan fingerprint density at radius 2 is 1.90 bits per heavy atom. The van der Waals surface area contributed by atoms with Crippen molar-refractivity contribution < 1.29 is 38.5 Å². The van der Waals surface area contributed by atoms with Crippen LogP contribution in [0.3, 0.4) is 0 Å². The van der Waals surface area contributed by atoms with Crippen molar-refractivity contribution in [2.75, 3.05) is 19.8 Å². The third kappa shape index (κ3) is 9.09. The predicted molar refractivity (Wildman–Crippen MR) is 153 cm³/mol. The van der Waals surface area contributed by atoms with E-state index in [0.29, 0.717) is 22.8 Å². The lowest BCUT2D eigenvalue weighted by atomic mass is 9.84. The van der Waals surface area contributed by atoms with Crippen molar-refractivity contribution in [1.29, 1.82) is 0 Å². The van der Waals surface area contributed by atoms with Crippen LogP contribution in [-0.4, -0.2) is 65.9 Å². The van der Waals surface area contributed by atoms with Gasteiger partial charge in [0.1, 0.15) is 31.6 Å². The Morgan fingerprint density at radius 1 is 1.12 bits per heavy atom. The lowest BCUT2D eigenvalue weighted by Crippen LogP contribution is -2.59. The minimum atomic E-state index is -2.51. The number of benzene rings is 2. The fourth-order valence-corrected chi connectivity index (χ4v) is 5.30. The zero-order valence-corrected chi connectivity index (χ0v) is 24.0. The van der Waals surface area contributed by atoms with Crippen molar-refractivity contribution in [3.8, 4) is 5.75 Å². The third-order valence-corrected chi connectivity index (χ3v) is 7.56. The normalized spacial score (nSPS) is 17.3. The summed E-state index contributed by atoms with van der Waals surface area (Å²) in [6.45, 7) is -0.210. The molecule has 2 atom stereocenters. The van der Waals surface area contributed by atoms with Crippen LogP contribution in [0.2, 0.25) is 5.02 Å². The number of aliphatic hydroxyl groups is 1. The Kier molecular flexibility index (Phi) is 11.0. The van der Waals surface area contributed by atoms with Crippen LogP contribution in [0.25, 0.3) is 0 Å². The van der Waals surface area contributed by atoms with Crippen molar-refractivity contribution in [3.63, 3.8) is 0 Å². The monoisotopic (exact) mass is 601 g/mol. The van der Waals surface area contributed by atoms with Gasteiger partial charge in [0.05, 0.1) is 13.1 Å². The summed E-state index contributed by atoms with van der Waals surface area (Å²) >= 11 is 5.99. The standard InChI is InChI=1S/C30H36ClN3O8/c31-24-11-6-9-22(15-24)18-41-28(37)32-25(16-21-7-2-1-3-8-21)27(36)33-30(39,19-35)20-42-29(38)34-13-14-40-26-12-5-4-10-23(26)17-34/h4-6,9-12,15,19,21,25,39H,1-3,7-8,13-14,16-18,20H2,(H,32,37)(H,33,36)/t25-,30?/m0/s1. The fourth-order valence-electron chi connectivity index (χ4n) is 5.09. The van der Waals surface area contributed by atoms with Crippen molar-refractivity contribution in [1.82, 2.24) is 15.5 Å². The lowest BCUT2D eigenvalue weighted by molar-refractivity contribution is -0.144. The van der Waals surface area contributed by atoms with E-state index in [1.165, 1.54) is 4.90 Å². The molecule has 0 bridgehead atoms. The average Bonchev–Trinajstić information content (AvgIpc) is 3.22. The van der Waals surface area contributed by atoms with Gasteiger partial charge in [0.15, 0.2) is 6.29 Å². The number of hydrogen-bond acceptors (Lipinski definition) is 8. The molecule has 1 unspecified atom stereocenters. The van der Waals surface area contributed by atoms with Gasteiger partial charge in [0, 0.05) is 10.6 Å². The number of nitrogens with zero attached hydrogens (tertiary/aromatic N) is 1. The van der Waals surface area contributed by atoms with Crippen LogP contribution < -0.4 is 15.4 Å². The summed E-state index contributed by atoms with van der Waals surface area (Å²) in [5.74, 6) is 0.0214. The van der Waals surface area contributed by atoms with Gasteiger partial charge in [-0.3, -0.25) is 9.59 Å². The predicted octanol–water partition coefficient (Wildman–Crippen LogP) is 3.94. The fraction of sp³-hybridized carbons (Fsp3) is 0.467. The highest BCUT2D eigenvalue weighted by Crippen LogP contribution is 2.28. The molecule has 0 saturated heterocycles. The molecule has 3 amide bonds. The second kappa shape index (κ2) is 14.9. The molecule has 2 aromatic rings. The Hall–Kier alpha value is -3.83. The van der Waals surface area contributed by atoms with E-state index in [1.54, 1.807) is 30.3 Å². The molecule has 4 rings (SSSR count). The van der Waals surface area contributed by atoms with Crippen molar-refractivity contribution in [3.05, 3.63) is 64.7 Å². The number of alkyl carbamates (subject to hydrolysis) is 1. The number of nitrogens with one attached hydrogen (secondary N) is 2. The molecule has 0 radical (unpaired) electrons. The molecular weight excluding hydrogens is 566 g/mol. The molecule has 12 heteroatoms. The largest absolute Gasteiger partial charge is 0.491 e. The summed E-state index contributed by atoms with van der Waals surface area (Å²) in [4.78, 5) is 52.0. The van der Waals surface area contributed by atoms with Crippen LogP contribution in [0, 0.1) is 5.92 Å². The van der Waals surface area contributed by atoms with Gasteiger partial charge in [-0.2, -0.15) is 0 Å². The number of halogens is 1. The summed E-state index contributed by atoms with van der Waals surface area (Å²) < 4.78 is 16.2. The molecule has 226 valence electrons. The van der Waals surface area contributed by atoms with E-state index >= 15 is 0 Å². The number of carbonyl (C=O) groups excluding carboxylic acids is 4. The lowest BCUT2D eigenvalue weighted by Gasteiger charge is -2.30. The van der Waals surface area contributed by atoms with Gasteiger partial charge in [0.25, 0.3) is 0 Å². The summed E-state index contributed by atoms with van der Waals surface area (Å²) in [6, 6.07) is 13.0. The first-order valence-electron chi connectivity index (χ1n) is 14.1. The van der Waals surface area contributed by atoms with Gasteiger partial charge in [-0.1, -0.05) is 74.0 Å². The number of amides is 3. The minimum absolute atomic E-state index is 0.0651. The highest BCUT2D eigenvalue weighted by molar-refractivity contribution is 6.30. The van der Waals surface area contributed by atoms with Crippen LogP contribution in [0.15, 0.2) is 48.5 Å². The SMILES string of the molecule is O=CC(O)(COC(=O)N1CCOc2ccccc2C1)NC(=O)[C@H](CC1CCCCC1)NC(=O)OCc1cccc(Cl)c1.